The van der Waals surface area contributed by atoms with E-state index in [1.165, 1.54) is 125 Å². The molecule has 6 aromatic rings. The van der Waals surface area contributed by atoms with Crippen LogP contribution in [0.15, 0.2) is 140 Å². The van der Waals surface area contributed by atoms with Gasteiger partial charge in [-0.1, -0.05) is 131 Å². The second-order valence-electron chi connectivity index (χ2n) is 17.2. The molecule has 6 aromatic carbocycles. The van der Waals surface area contributed by atoms with E-state index >= 15 is 0 Å². The van der Waals surface area contributed by atoms with Gasteiger partial charge in [0.05, 0.1) is 0 Å². The highest BCUT2D eigenvalue weighted by atomic mass is 15.1. The summed E-state index contributed by atoms with van der Waals surface area (Å²) in [4.78, 5) is 2.51. The Hall–Kier alpha value is -4.88. The van der Waals surface area contributed by atoms with Gasteiger partial charge in [0.2, 0.25) is 0 Å². The van der Waals surface area contributed by atoms with E-state index in [1.807, 2.05) is 0 Å². The maximum absolute atomic E-state index is 2.51. The number of benzene rings is 6. The fraction of sp³-hybridized carbons (Fsp3) is 0.308. The highest BCUT2D eigenvalue weighted by molar-refractivity contribution is 5.93. The molecular weight excluding hydrogens is 639 g/mol. The molecule has 0 saturated heterocycles. The van der Waals surface area contributed by atoms with Gasteiger partial charge >= 0.3 is 0 Å². The first kappa shape index (κ1) is 32.7. The SMILES string of the molecule is CC1(C)c2cc(N(c3ccc(C4CCCCC4)cc3)c3ccc(C4CC5CCC4C5)cc3)ccc2-c2cc(-c3ccccc3)c(-c3ccccc3)cc21. The van der Waals surface area contributed by atoms with Crippen molar-refractivity contribution in [3.8, 4) is 33.4 Å². The minimum Gasteiger partial charge on any atom is -0.310 e. The van der Waals surface area contributed by atoms with Crippen LogP contribution in [0.25, 0.3) is 33.4 Å². The molecule has 0 spiro atoms. The summed E-state index contributed by atoms with van der Waals surface area (Å²) in [5.74, 6) is 3.29. The zero-order valence-electron chi connectivity index (χ0n) is 31.4. The van der Waals surface area contributed by atoms with Crippen LogP contribution in [0.3, 0.4) is 0 Å². The Labute approximate surface area is 316 Å². The minimum atomic E-state index is -0.151. The van der Waals surface area contributed by atoms with Gasteiger partial charge in [0.25, 0.3) is 0 Å². The van der Waals surface area contributed by atoms with Crippen molar-refractivity contribution in [2.45, 2.75) is 88.9 Å². The molecule has 0 heterocycles. The summed E-state index contributed by atoms with van der Waals surface area (Å²) in [5.41, 5.74) is 17.2. The van der Waals surface area contributed by atoms with Crippen LogP contribution in [0.4, 0.5) is 17.1 Å². The lowest BCUT2D eigenvalue weighted by Gasteiger charge is -2.29. The fourth-order valence-electron chi connectivity index (χ4n) is 10.9. The second-order valence-corrected chi connectivity index (χ2v) is 17.2. The van der Waals surface area contributed by atoms with Gasteiger partial charge in [-0.05, 0) is 160 Å². The third kappa shape index (κ3) is 5.75. The van der Waals surface area contributed by atoms with Crippen LogP contribution in [0.5, 0.6) is 0 Å². The number of nitrogens with zero attached hydrogens (tertiary/aromatic N) is 1. The molecule has 1 nitrogen and oxygen atoms in total. The lowest BCUT2D eigenvalue weighted by Crippen LogP contribution is -2.17. The van der Waals surface area contributed by atoms with Crippen molar-refractivity contribution < 1.29 is 0 Å². The van der Waals surface area contributed by atoms with Crippen LogP contribution in [0.1, 0.15) is 106 Å². The van der Waals surface area contributed by atoms with Crippen LogP contribution in [0, 0.1) is 11.8 Å². The highest BCUT2D eigenvalue weighted by Crippen LogP contribution is 2.55. The molecule has 4 aliphatic carbocycles. The van der Waals surface area contributed by atoms with Crippen molar-refractivity contribution >= 4 is 17.1 Å². The number of hydrogen-bond donors (Lipinski definition) is 0. The second kappa shape index (κ2) is 13.2. The molecule has 1 heteroatoms. The Balaban J connectivity index is 1.07. The molecular formula is C52H51N. The Morgan fingerprint density at radius 3 is 1.66 bits per heavy atom. The summed E-state index contributed by atoms with van der Waals surface area (Å²) in [6.07, 6.45) is 12.5. The van der Waals surface area contributed by atoms with Crippen LogP contribution < -0.4 is 4.90 Å². The predicted molar refractivity (Wildman–Crippen MR) is 224 cm³/mol. The molecule has 0 N–H and O–H groups in total. The van der Waals surface area contributed by atoms with Crippen LogP contribution >= 0.6 is 0 Å². The largest absolute Gasteiger partial charge is 0.310 e. The number of hydrogen-bond acceptors (Lipinski definition) is 1. The number of anilines is 3. The van der Waals surface area contributed by atoms with Crippen LogP contribution in [-0.2, 0) is 5.41 Å². The molecule has 0 amide bonds. The normalized spacial score (nSPS) is 21.4. The van der Waals surface area contributed by atoms with Gasteiger partial charge in [-0.2, -0.15) is 0 Å². The van der Waals surface area contributed by atoms with E-state index in [1.54, 1.807) is 5.56 Å². The van der Waals surface area contributed by atoms with Gasteiger partial charge in [0, 0.05) is 22.5 Å². The van der Waals surface area contributed by atoms with E-state index < -0.39 is 0 Å². The Morgan fingerprint density at radius 1 is 0.472 bits per heavy atom. The van der Waals surface area contributed by atoms with E-state index in [0.29, 0.717) is 5.92 Å². The van der Waals surface area contributed by atoms with Crippen molar-refractivity contribution in [3.05, 3.63) is 162 Å². The van der Waals surface area contributed by atoms with E-state index in [2.05, 4.69) is 158 Å². The Bertz CT molecular complexity index is 2240. The average Bonchev–Trinajstić information content (AvgIpc) is 3.92. The summed E-state index contributed by atoms with van der Waals surface area (Å²) in [6, 6.07) is 53.4. The average molecular weight is 690 g/mol. The lowest BCUT2D eigenvalue weighted by atomic mass is 9.80. The molecule has 3 fully saturated rings. The molecule has 10 rings (SSSR count). The molecule has 3 saturated carbocycles. The summed E-state index contributed by atoms with van der Waals surface area (Å²) < 4.78 is 0. The van der Waals surface area contributed by atoms with E-state index in [4.69, 9.17) is 0 Å². The molecule has 2 bridgehead atoms. The van der Waals surface area contributed by atoms with Crippen molar-refractivity contribution in [2.24, 2.45) is 11.8 Å². The number of fused-ring (bicyclic) bond motifs is 5. The Kier molecular flexibility index (Phi) is 8.16. The molecule has 53 heavy (non-hydrogen) atoms. The predicted octanol–water partition coefficient (Wildman–Crippen LogP) is 14.7. The maximum atomic E-state index is 2.51. The molecule has 3 atom stereocenters. The van der Waals surface area contributed by atoms with Crippen molar-refractivity contribution in [1.82, 2.24) is 0 Å². The summed E-state index contributed by atoms with van der Waals surface area (Å²) in [7, 11) is 0. The lowest BCUT2D eigenvalue weighted by molar-refractivity contribution is 0.420. The van der Waals surface area contributed by atoms with Gasteiger partial charge in [0.15, 0.2) is 0 Å². The molecule has 0 aliphatic heterocycles. The monoisotopic (exact) mass is 689 g/mol. The first-order valence-electron chi connectivity index (χ1n) is 20.5. The first-order chi connectivity index (χ1) is 26.0. The fourth-order valence-corrected chi connectivity index (χ4v) is 10.9. The molecule has 3 unspecified atom stereocenters. The van der Waals surface area contributed by atoms with Crippen LogP contribution in [-0.4, -0.2) is 0 Å². The molecule has 0 radical (unpaired) electrons. The third-order valence-corrected chi connectivity index (χ3v) is 13.8. The molecule has 264 valence electrons. The molecule has 4 aliphatic rings. The summed E-state index contributed by atoms with van der Waals surface area (Å²) >= 11 is 0. The maximum Gasteiger partial charge on any atom is 0.0465 e. The first-order valence-corrected chi connectivity index (χ1v) is 20.5. The van der Waals surface area contributed by atoms with Gasteiger partial charge in [-0.25, -0.2) is 0 Å². The van der Waals surface area contributed by atoms with E-state index in [9.17, 15) is 0 Å². The van der Waals surface area contributed by atoms with Crippen molar-refractivity contribution in [2.75, 3.05) is 4.90 Å². The summed E-state index contributed by atoms with van der Waals surface area (Å²) in [6.45, 7) is 4.84. The van der Waals surface area contributed by atoms with Gasteiger partial charge in [0.1, 0.15) is 0 Å². The van der Waals surface area contributed by atoms with Crippen LogP contribution in [0.2, 0.25) is 0 Å². The van der Waals surface area contributed by atoms with E-state index in [-0.39, 0.29) is 5.41 Å². The van der Waals surface area contributed by atoms with Gasteiger partial charge < -0.3 is 4.90 Å². The zero-order valence-corrected chi connectivity index (χ0v) is 31.4. The Morgan fingerprint density at radius 2 is 1.06 bits per heavy atom. The molecule has 0 aromatic heterocycles. The highest BCUT2D eigenvalue weighted by Gasteiger charge is 2.40. The third-order valence-electron chi connectivity index (χ3n) is 13.8. The van der Waals surface area contributed by atoms with E-state index in [0.717, 1.165) is 17.8 Å². The standard InChI is InChI=1S/C52H51N/c1-52(2)50-32-44(28-29-45(50)49-33-47(38-14-8-4-9-15-38)48(34-51(49)52)39-16-10-5-11-17-39)53(42-24-20-37(21-25-42)36-12-6-3-7-13-36)43-26-22-40(23-27-43)46-31-35-18-19-41(46)30-35/h4-5,8-11,14-17,20-29,32-36,41,46H,3,6-7,12-13,18-19,30-31H2,1-2H3. The topological polar surface area (TPSA) is 3.24 Å². The van der Waals surface area contributed by atoms with Crippen molar-refractivity contribution in [1.29, 1.82) is 0 Å². The quantitative estimate of drug-likeness (QED) is 0.161. The zero-order chi connectivity index (χ0) is 35.5. The summed E-state index contributed by atoms with van der Waals surface area (Å²) in [5, 5.41) is 0. The minimum absolute atomic E-state index is 0.151. The van der Waals surface area contributed by atoms with Gasteiger partial charge in [-0.15, -0.1) is 0 Å². The smallest absolute Gasteiger partial charge is 0.0465 e. The van der Waals surface area contributed by atoms with Gasteiger partial charge in [-0.3, -0.25) is 0 Å². The number of rotatable bonds is 7. The van der Waals surface area contributed by atoms with Crippen molar-refractivity contribution in [3.63, 3.8) is 0 Å².